The normalized spacial score (nSPS) is 17.4. The molecular formula is C14H17ClN4O3. The molecule has 2 N–H and O–H groups in total. The van der Waals surface area contributed by atoms with Gasteiger partial charge in [0.05, 0.1) is 5.02 Å². The molecule has 3 rings (SSSR count). The van der Waals surface area contributed by atoms with Crippen molar-refractivity contribution in [3.05, 3.63) is 34.7 Å². The quantitative estimate of drug-likeness (QED) is 0.899. The second kappa shape index (κ2) is 6.50. The van der Waals surface area contributed by atoms with Gasteiger partial charge in [-0.1, -0.05) is 16.8 Å². The van der Waals surface area contributed by atoms with Crippen molar-refractivity contribution in [1.29, 1.82) is 0 Å². The van der Waals surface area contributed by atoms with E-state index in [2.05, 4.69) is 20.4 Å². The molecule has 0 radical (unpaired) electrons. The summed E-state index contributed by atoms with van der Waals surface area (Å²) in [6.07, 6.45) is 3.23. The summed E-state index contributed by atoms with van der Waals surface area (Å²) in [7, 11) is 0. The van der Waals surface area contributed by atoms with Gasteiger partial charge >= 0.3 is 0 Å². The number of aromatic nitrogens is 3. The fraction of sp³-hybridized carbons (Fsp3) is 0.500. The van der Waals surface area contributed by atoms with E-state index in [9.17, 15) is 4.79 Å². The van der Waals surface area contributed by atoms with E-state index in [4.69, 9.17) is 20.9 Å². The summed E-state index contributed by atoms with van der Waals surface area (Å²) in [5.74, 6) is 0.918. The number of hydrogen-bond donors (Lipinski definition) is 2. The first-order valence-electron chi connectivity index (χ1n) is 7.16. The number of aromatic amines is 1. The lowest BCUT2D eigenvalue weighted by Gasteiger charge is -2.28. The van der Waals surface area contributed by atoms with Gasteiger partial charge in [0.2, 0.25) is 5.89 Å². The van der Waals surface area contributed by atoms with Gasteiger partial charge in [-0.15, -0.1) is 0 Å². The highest BCUT2D eigenvalue weighted by atomic mass is 35.5. The molecule has 2 aromatic rings. The van der Waals surface area contributed by atoms with Crippen molar-refractivity contribution in [1.82, 2.24) is 20.4 Å². The zero-order chi connectivity index (χ0) is 15.5. The first-order valence-corrected chi connectivity index (χ1v) is 7.54. The Morgan fingerprint density at radius 2 is 2.27 bits per heavy atom. The first-order chi connectivity index (χ1) is 10.6. The molecule has 1 fully saturated rings. The number of halogens is 1. The highest BCUT2D eigenvalue weighted by Gasteiger charge is 2.31. The monoisotopic (exact) mass is 324 g/mol. The summed E-state index contributed by atoms with van der Waals surface area (Å²) in [5, 5.41) is 7.27. The topological polar surface area (TPSA) is 93.0 Å². The number of nitrogens with one attached hydrogen (secondary N) is 2. The van der Waals surface area contributed by atoms with Crippen LogP contribution in [-0.2, 0) is 4.74 Å². The minimum atomic E-state index is -0.334. The zero-order valence-electron chi connectivity index (χ0n) is 12.1. The van der Waals surface area contributed by atoms with Crippen LogP contribution < -0.4 is 5.32 Å². The van der Waals surface area contributed by atoms with Crippen LogP contribution in [0, 0.1) is 12.8 Å². The Labute approximate surface area is 132 Å². The van der Waals surface area contributed by atoms with Gasteiger partial charge in [0, 0.05) is 19.4 Å². The molecule has 0 unspecified atom stereocenters. The molecular weight excluding hydrogens is 308 g/mol. The maximum atomic E-state index is 12.4. The summed E-state index contributed by atoms with van der Waals surface area (Å²) in [6.45, 7) is 3.08. The molecule has 1 saturated heterocycles. The molecule has 3 heterocycles. The molecule has 0 spiro atoms. The van der Waals surface area contributed by atoms with Crippen LogP contribution in [0.5, 0.6) is 0 Å². The lowest BCUT2D eigenvalue weighted by molar-refractivity contribution is 0.0467. The molecule has 8 heteroatoms. The molecule has 1 aliphatic rings. The summed E-state index contributed by atoms with van der Waals surface area (Å²) in [6, 6.07) is 1.25. The summed E-state index contributed by atoms with van der Waals surface area (Å²) >= 11 is 5.84. The lowest BCUT2D eigenvalue weighted by atomic mass is 9.91. The number of rotatable bonds is 4. The van der Waals surface area contributed by atoms with Gasteiger partial charge in [-0.05, 0) is 31.7 Å². The Morgan fingerprint density at radius 1 is 1.50 bits per heavy atom. The van der Waals surface area contributed by atoms with Crippen LogP contribution in [-0.4, -0.2) is 34.2 Å². The second-order valence-electron chi connectivity index (χ2n) is 5.31. The Balaban J connectivity index is 1.80. The predicted molar refractivity (Wildman–Crippen MR) is 78.6 cm³/mol. The van der Waals surface area contributed by atoms with E-state index in [1.807, 2.05) is 0 Å². The van der Waals surface area contributed by atoms with Crippen molar-refractivity contribution in [3.8, 4) is 0 Å². The summed E-state index contributed by atoms with van der Waals surface area (Å²) in [4.78, 5) is 19.5. The average Bonchev–Trinajstić information content (AvgIpc) is 3.14. The average molecular weight is 325 g/mol. The third-order valence-corrected chi connectivity index (χ3v) is 3.94. The summed E-state index contributed by atoms with van der Waals surface area (Å²) in [5.41, 5.74) is 0.401. The van der Waals surface area contributed by atoms with E-state index in [-0.39, 0.29) is 17.9 Å². The molecule has 0 saturated carbocycles. The Morgan fingerprint density at radius 3 is 2.86 bits per heavy atom. The van der Waals surface area contributed by atoms with Crippen LogP contribution in [0.2, 0.25) is 5.02 Å². The SMILES string of the molecule is Cc1noc([C@@H](NC(=O)c2cc(Cl)c[nH]2)C2CCOCC2)n1. The van der Waals surface area contributed by atoms with Crippen LogP contribution in [0.1, 0.15) is 41.1 Å². The lowest BCUT2D eigenvalue weighted by Crippen LogP contribution is -2.36. The van der Waals surface area contributed by atoms with Crippen molar-refractivity contribution < 1.29 is 14.1 Å². The molecule has 118 valence electrons. The Bertz CT molecular complexity index is 648. The molecule has 1 amide bonds. The standard InChI is InChI=1S/C14H17ClN4O3/c1-8-17-14(22-19-8)12(9-2-4-21-5-3-9)18-13(20)11-6-10(15)7-16-11/h6-7,9,12,16H,2-5H2,1H3,(H,18,20)/t12-/m0/s1. The number of aryl methyl sites for hydroxylation is 1. The predicted octanol–water partition coefficient (Wildman–Crippen LogP) is 2.26. The van der Waals surface area contributed by atoms with Crippen molar-refractivity contribution in [2.75, 3.05) is 13.2 Å². The Kier molecular flexibility index (Phi) is 4.44. The zero-order valence-corrected chi connectivity index (χ0v) is 12.9. The van der Waals surface area contributed by atoms with E-state index in [1.54, 1.807) is 19.2 Å². The highest BCUT2D eigenvalue weighted by Crippen LogP contribution is 2.29. The maximum Gasteiger partial charge on any atom is 0.268 e. The molecule has 0 aromatic carbocycles. The van der Waals surface area contributed by atoms with E-state index in [1.165, 1.54) is 0 Å². The second-order valence-corrected chi connectivity index (χ2v) is 5.75. The molecule has 1 atom stereocenters. The third kappa shape index (κ3) is 3.31. The van der Waals surface area contributed by atoms with Crippen LogP contribution in [0.25, 0.3) is 0 Å². The minimum absolute atomic E-state index is 0.197. The number of amides is 1. The number of hydrogen-bond acceptors (Lipinski definition) is 5. The fourth-order valence-electron chi connectivity index (χ4n) is 2.59. The molecule has 2 aromatic heterocycles. The van der Waals surface area contributed by atoms with Gasteiger partial charge in [-0.25, -0.2) is 0 Å². The van der Waals surface area contributed by atoms with E-state index < -0.39 is 0 Å². The molecule has 7 nitrogen and oxygen atoms in total. The smallest absolute Gasteiger partial charge is 0.268 e. The number of carbonyl (C=O) groups is 1. The third-order valence-electron chi connectivity index (χ3n) is 3.73. The molecule has 22 heavy (non-hydrogen) atoms. The fourth-order valence-corrected chi connectivity index (χ4v) is 2.75. The molecule has 0 aliphatic carbocycles. The molecule has 1 aliphatic heterocycles. The number of H-pyrrole nitrogens is 1. The van der Waals surface area contributed by atoms with Gasteiger partial charge in [-0.3, -0.25) is 4.79 Å². The first kappa shape index (κ1) is 15.1. The van der Waals surface area contributed by atoms with Crippen molar-refractivity contribution in [2.24, 2.45) is 5.92 Å². The van der Waals surface area contributed by atoms with Crippen LogP contribution in [0.15, 0.2) is 16.8 Å². The molecule has 0 bridgehead atoms. The van der Waals surface area contributed by atoms with Crippen LogP contribution in [0.4, 0.5) is 0 Å². The van der Waals surface area contributed by atoms with Gasteiger partial charge in [0.1, 0.15) is 11.7 Å². The minimum Gasteiger partial charge on any atom is -0.381 e. The largest absolute Gasteiger partial charge is 0.381 e. The van der Waals surface area contributed by atoms with Gasteiger partial charge in [0.25, 0.3) is 5.91 Å². The summed E-state index contributed by atoms with van der Waals surface area (Å²) < 4.78 is 10.6. The van der Waals surface area contributed by atoms with E-state index in [0.29, 0.717) is 35.6 Å². The van der Waals surface area contributed by atoms with E-state index in [0.717, 1.165) is 12.8 Å². The van der Waals surface area contributed by atoms with Crippen molar-refractivity contribution >= 4 is 17.5 Å². The van der Waals surface area contributed by atoms with Crippen LogP contribution >= 0.6 is 11.6 Å². The van der Waals surface area contributed by atoms with Gasteiger partial charge in [0.15, 0.2) is 5.82 Å². The van der Waals surface area contributed by atoms with Crippen molar-refractivity contribution in [3.63, 3.8) is 0 Å². The van der Waals surface area contributed by atoms with Gasteiger partial charge < -0.3 is 19.6 Å². The number of nitrogens with zero attached hydrogens (tertiary/aromatic N) is 2. The van der Waals surface area contributed by atoms with Crippen LogP contribution in [0.3, 0.4) is 0 Å². The van der Waals surface area contributed by atoms with E-state index >= 15 is 0 Å². The maximum absolute atomic E-state index is 12.4. The number of ether oxygens (including phenoxy) is 1. The number of carbonyl (C=O) groups excluding carboxylic acids is 1. The van der Waals surface area contributed by atoms with Gasteiger partial charge in [-0.2, -0.15) is 4.98 Å². The highest BCUT2D eigenvalue weighted by molar-refractivity contribution is 6.30. The van der Waals surface area contributed by atoms with Crippen molar-refractivity contribution in [2.45, 2.75) is 25.8 Å². The Hall–Kier alpha value is -1.86.